The molecule has 1 aromatic rings. The van der Waals surface area contributed by atoms with Gasteiger partial charge in [0.15, 0.2) is 0 Å². The monoisotopic (exact) mass is 260 g/mol. The maximum Gasteiger partial charge on any atom is 0.389 e. The summed E-state index contributed by atoms with van der Waals surface area (Å²) in [5, 5.41) is 3.22. The van der Waals surface area contributed by atoms with Crippen LogP contribution in [0.5, 0.6) is 0 Å². The van der Waals surface area contributed by atoms with Crippen LogP contribution >= 0.6 is 0 Å². The first-order chi connectivity index (χ1) is 8.38. The van der Waals surface area contributed by atoms with E-state index in [1.807, 2.05) is 19.9 Å². The van der Waals surface area contributed by atoms with Crippen molar-refractivity contribution in [1.82, 2.24) is 10.3 Å². The molecule has 2 nitrogen and oxygen atoms in total. The van der Waals surface area contributed by atoms with E-state index in [0.29, 0.717) is 13.0 Å². The Morgan fingerprint density at radius 2 is 2.11 bits per heavy atom. The molecule has 0 fully saturated rings. The molecule has 0 aliphatic heterocycles. The van der Waals surface area contributed by atoms with Gasteiger partial charge in [-0.25, -0.2) is 0 Å². The quantitative estimate of drug-likeness (QED) is 0.845. The summed E-state index contributed by atoms with van der Waals surface area (Å²) in [6.45, 7) is 4.54. The Hall–Kier alpha value is -1.10. The van der Waals surface area contributed by atoms with Crippen molar-refractivity contribution in [2.75, 3.05) is 0 Å². The predicted molar refractivity (Wildman–Crippen MR) is 65.2 cm³/mol. The van der Waals surface area contributed by atoms with Gasteiger partial charge in [-0.2, -0.15) is 13.2 Å². The Kier molecular flexibility index (Phi) is 5.59. The summed E-state index contributed by atoms with van der Waals surface area (Å²) >= 11 is 0. The van der Waals surface area contributed by atoms with Crippen molar-refractivity contribution in [1.29, 1.82) is 0 Å². The number of hydrogen-bond acceptors (Lipinski definition) is 2. The van der Waals surface area contributed by atoms with E-state index in [0.717, 1.165) is 11.1 Å². The van der Waals surface area contributed by atoms with Gasteiger partial charge < -0.3 is 5.32 Å². The highest BCUT2D eigenvalue weighted by molar-refractivity contribution is 5.21. The fourth-order valence-electron chi connectivity index (χ4n) is 1.68. The standard InChI is InChI=1S/C13H19F3N2/c1-10-5-7-17-8-12(10)9-18-11(2)4-3-6-13(14,15)16/h5,7-8,11,18H,3-4,6,9H2,1-2H3. The zero-order valence-electron chi connectivity index (χ0n) is 10.7. The highest BCUT2D eigenvalue weighted by Gasteiger charge is 2.26. The van der Waals surface area contributed by atoms with E-state index in [-0.39, 0.29) is 12.5 Å². The lowest BCUT2D eigenvalue weighted by Crippen LogP contribution is -2.26. The van der Waals surface area contributed by atoms with Gasteiger partial charge in [-0.1, -0.05) is 0 Å². The molecule has 0 saturated heterocycles. The van der Waals surface area contributed by atoms with E-state index in [9.17, 15) is 13.2 Å². The molecule has 1 unspecified atom stereocenters. The molecule has 0 spiro atoms. The summed E-state index contributed by atoms with van der Waals surface area (Å²) in [5.74, 6) is 0. The summed E-state index contributed by atoms with van der Waals surface area (Å²) in [6.07, 6.45) is -0.538. The number of alkyl halides is 3. The molecular formula is C13H19F3N2. The van der Waals surface area contributed by atoms with Crippen molar-refractivity contribution in [3.8, 4) is 0 Å². The Labute approximate surface area is 106 Å². The van der Waals surface area contributed by atoms with Crippen LogP contribution in [0.3, 0.4) is 0 Å². The minimum absolute atomic E-state index is 0.0759. The first-order valence-electron chi connectivity index (χ1n) is 6.08. The lowest BCUT2D eigenvalue weighted by molar-refractivity contribution is -0.135. The number of nitrogens with one attached hydrogen (secondary N) is 1. The zero-order valence-corrected chi connectivity index (χ0v) is 10.7. The topological polar surface area (TPSA) is 24.9 Å². The van der Waals surface area contributed by atoms with E-state index in [2.05, 4.69) is 10.3 Å². The van der Waals surface area contributed by atoms with Gasteiger partial charge in [-0.05, 0) is 43.9 Å². The minimum Gasteiger partial charge on any atom is -0.310 e. The fourth-order valence-corrected chi connectivity index (χ4v) is 1.68. The van der Waals surface area contributed by atoms with Crippen LogP contribution in [0.2, 0.25) is 0 Å². The largest absolute Gasteiger partial charge is 0.389 e. The number of aryl methyl sites for hydroxylation is 1. The molecule has 1 heterocycles. The smallest absolute Gasteiger partial charge is 0.310 e. The number of nitrogens with zero attached hydrogens (tertiary/aromatic N) is 1. The second-order valence-corrected chi connectivity index (χ2v) is 4.59. The van der Waals surface area contributed by atoms with Crippen LogP contribution in [-0.2, 0) is 6.54 Å². The average Bonchev–Trinajstić information content (AvgIpc) is 2.26. The molecular weight excluding hydrogens is 241 g/mol. The number of pyridine rings is 1. The molecule has 0 saturated carbocycles. The SMILES string of the molecule is Cc1ccncc1CNC(C)CCCC(F)(F)F. The molecule has 1 rings (SSSR count). The Morgan fingerprint density at radius 3 is 2.72 bits per heavy atom. The number of halogens is 3. The molecule has 0 amide bonds. The second kappa shape index (κ2) is 6.73. The summed E-state index contributed by atoms with van der Waals surface area (Å²) < 4.78 is 35.9. The van der Waals surface area contributed by atoms with Crippen molar-refractivity contribution in [3.63, 3.8) is 0 Å². The molecule has 0 aliphatic rings. The summed E-state index contributed by atoms with van der Waals surface area (Å²) in [6, 6.07) is 2.00. The van der Waals surface area contributed by atoms with E-state index in [4.69, 9.17) is 0 Å². The third kappa shape index (κ3) is 6.00. The molecule has 0 aliphatic carbocycles. The molecule has 1 aromatic heterocycles. The lowest BCUT2D eigenvalue weighted by Gasteiger charge is -2.15. The normalized spacial score (nSPS) is 13.6. The Bertz CT molecular complexity index is 363. The summed E-state index contributed by atoms with van der Waals surface area (Å²) in [5.41, 5.74) is 2.22. The van der Waals surface area contributed by atoms with Gasteiger partial charge in [0.05, 0.1) is 0 Å². The molecule has 1 N–H and O–H groups in total. The second-order valence-electron chi connectivity index (χ2n) is 4.59. The highest BCUT2D eigenvalue weighted by Crippen LogP contribution is 2.22. The number of hydrogen-bond donors (Lipinski definition) is 1. The van der Waals surface area contributed by atoms with Crippen molar-refractivity contribution in [2.24, 2.45) is 0 Å². The molecule has 5 heteroatoms. The van der Waals surface area contributed by atoms with Crippen molar-refractivity contribution >= 4 is 0 Å². The van der Waals surface area contributed by atoms with E-state index in [1.165, 1.54) is 0 Å². The highest BCUT2D eigenvalue weighted by atomic mass is 19.4. The van der Waals surface area contributed by atoms with Crippen molar-refractivity contribution in [3.05, 3.63) is 29.6 Å². The van der Waals surface area contributed by atoms with Gasteiger partial charge in [0.2, 0.25) is 0 Å². The van der Waals surface area contributed by atoms with Crippen LogP contribution in [-0.4, -0.2) is 17.2 Å². The first-order valence-corrected chi connectivity index (χ1v) is 6.08. The lowest BCUT2D eigenvalue weighted by atomic mass is 10.1. The van der Waals surface area contributed by atoms with Gasteiger partial charge in [-0.15, -0.1) is 0 Å². The van der Waals surface area contributed by atoms with E-state index in [1.54, 1.807) is 12.4 Å². The zero-order chi connectivity index (χ0) is 13.6. The molecule has 1 atom stereocenters. The maximum absolute atomic E-state index is 12.0. The van der Waals surface area contributed by atoms with Gasteiger partial charge in [-0.3, -0.25) is 4.98 Å². The van der Waals surface area contributed by atoms with Crippen molar-refractivity contribution in [2.45, 2.75) is 51.9 Å². The van der Waals surface area contributed by atoms with Crippen LogP contribution in [0.1, 0.15) is 37.3 Å². The molecule has 18 heavy (non-hydrogen) atoms. The molecule has 0 bridgehead atoms. The number of aromatic nitrogens is 1. The van der Waals surface area contributed by atoms with Crippen LogP contribution in [0, 0.1) is 6.92 Å². The minimum atomic E-state index is -4.04. The maximum atomic E-state index is 12.0. The Balaban J connectivity index is 2.25. The average molecular weight is 260 g/mol. The summed E-state index contributed by atoms with van der Waals surface area (Å²) in [7, 11) is 0. The summed E-state index contributed by atoms with van der Waals surface area (Å²) in [4.78, 5) is 4.03. The molecule has 0 radical (unpaired) electrons. The fraction of sp³-hybridized carbons (Fsp3) is 0.615. The molecule has 102 valence electrons. The van der Waals surface area contributed by atoms with Crippen molar-refractivity contribution < 1.29 is 13.2 Å². The van der Waals surface area contributed by atoms with Crippen LogP contribution in [0.25, 0.3) is 0 Å². The Morgan fingerprint density at radius 1 is 1.39 bits per heavy atom. The molecule has 0 aromatic carbocycles. The van der Waals surface area contributed by atoms with Gasteiger partial charge in [0, 0.05) is 31.4 Å². The van der Waals surface area contributed by atoms with Gasteiger partial charge in [0.1, 0.15) is 0 Å². The van der Waals surface area contributed by atoms with Crippen LogP contribution in [0.4, 0.5) is 13.2 Å². The van der Waals surface area contributed by atoms with E-state index >= 15 is 0 Å². The van der Waals surface area contributed by atoms with Crippen LogP contribution in [0.15, 0.2) is 18.5 Å². The van der Waals surface area contributed by atoms with E-state index < -0.39 is 12.6 Å². The van der Waals surface area contributed by atoms with Gasteiger partial charge >= 0.3 is 6.18 Å². The third-order valence-electron chi connectivity index (χ3n) is 2.89. The third-order valence-corrected chi connectivity index (χ3v) is 2.89. The predicted octanol–water partition coefficient (Wildman–Crippen LogP) is 3.60. The van der Waals surface area contributed by atoms with Crippen LogP contribution < -0.4 is 5.32 Å². The number of rotatable bonds is 6. The first kappa shape index (κ1) is 15.0. The van der Waals surface area contributed by atoms with Gasteiger partial charge in [0.25, 0.3) is 0 Å².